The third-order valence-electron chi connectivity index (χ3n) is 5.27. The van der Waals surface area contributed by atoms with Gasteiger partial charge >= 0.3 is 5.97 Å². The van der Waals surface area contributed by atoms with Crippen LogP contribution in [0.2, 0.25) is 0 Å². The standard InChI is InChI=1S/C20H37NO14/c1-4-20(19(28)29,34-9-13(26)12(25)7-22)33-6-5-31-10-32-17-14(8-23)35-18(30-3)15(16(17)27)21-11(2)24/h12-18,22-23,25-27H,4-10H2,1-3H3,(H,21,24)(H,28,29)/t12-,13+,14?,15?,16?,17-,18-,20-/m1/s1. The Morgan fingerprint density at radius 3 is 2.34 bits per heavy atom. The van der Waals surface area contributed by atoms with Crippen LogP contribution in [0.3, 0.4) is 0 Å². The summed E-state index contributed by atoms with van der Waals surface area (Å²) < 4.78 is 31.9. The average Bonchev–Trinajstić information content (AvgIpc) is 2.83. The van der Waals surface area contributed by atoms with E-state index in [0.29, 0.717) is 0 Å². The molecule has 206 valence electrons. The number of aliphatic carboxylic acids is 1. The van der Waals surface area contributed by atoms with Crippen molar-refractivity contribution in [1.29, 1.82) is 0 Å². The van der Waals surface area contributed by atoms with Crippen LogP contribution in [0.25, 0.3) is 0 Å². The molecule has 1 aliphatic rings. The zero-order valence-electron chi connectivity index (χ0n) is 19.9. The molecular formula is C20H37NO14. The second-order valence-corrected chi connectivity index (χ2v) is 7.72. The Balaban J connectivity index is 2.58. The van der Waals surface area contributed by atoms with Crippen LogP contribution in [0.4, 0.5) is 0 Å². The van der Waals surface area contributed by atoms with Gasteiger partial charge in [0.1, 0.15) is 43.4 Å². The number of carboxylic acids is 1. The molecule has 15 nitrogen and oxygen atoms in total. The van der Waals surface area contributed by atoms with Crippen molar-refractivity contribution in [3.8, 4) is 0 Å². The Morgan fingerprint density at radius 1 is 1.14 bits per heavy atom. The number of methoxy groups -OCH3 is 1. The fourth-order valence-corrected chi connectivity index (χ4v) is 3.29. The van der Waals surface area contributed by atoms with Crippen molar-refractivity contribution in [3.05, 3.63) is 0 Å². The fourth-order valence-electron chi connectivity index (χ4n) is 3.29. The van der Waals surface area contributed by atoms with Gasteiger partial charge in [0.05, 0.1) is 33.0 Å². The summed E-state index contributed by atoms with van der Waals surface area (Å²) >= 11 is 0. The van der Waals surface area contributed by atoms with Crippen LogP contribution >= 0.6 is 0 Å². The first kappa shape index (κ1) is 31.5. The molecule has 1 saturated heterocycles. The molecule has 15 heteroatoms. The summed E-state index contributed by atoms with van der Waals surface area (Å²) in [4.78, 5) is 23.1. The number of nitrogens with one attached hydrogen (secondary N) is 1. The van der Waals surface area contributed by atoms with E-state index in [2.05, 4.69) is 5.32 Å². The van der Waals surface area contributed by atoms with E-state index in [0.717, 1.165) is 0 Å². The Labute approximate surface area is 202 Å². The molecule has 1 amide bonds. The minimum absolute atomic E-state index is 0.143. The predicted molar refractivity (Wildman–Crippen MR) is 114 cm³/mol. The summed E-state index contributed by atoms with van der Waals surface area (Å²) in [5, 5.41) is 60.1. The predicted octanol–water partition coefficient (Wildman–Crippen LogP) is -3.49. The molecule has 1 aliphatic heterocycles. The van der Waals surface area contributed by atoms with Gasteiger partial charge in [-0.15, -0.1) is 0 Å². The number of hydrogen-bond donors (Lipinski definition) is 7. The SMILES string of the molecule is CC[C@@](OCCOCO[C@@H]1C(CO)O[C@@H](OC)C(NC(C)=O)C1O)(OC[C@H](O)[C@H](O)CO)C(=O)O. The van der Waals surface area contributed by atoms with Gasteiger partial charge in [0.15, 0.2) is 6.29 Å². The minimum atomic E-state index is -2.13. The highest BCUT2D eigenvalue weighted by Crippen LogP contribution is 2.24. The summed E-state index contributed by atoms with van der Waals surface area (Å²) in [5.74, 6) is -4.03. The fraction of sp³-hybridized carbons (Fsp3) is 0.900. The maximum atomic E-state index is 11.7. The highest BCUT2D eigenvalue weighted by molar-refractivity contribution is 5.75. The van der Waals surface area contributed by atoms with Crippen LogP contribution in [-0.4, -0.2) is 138 Å². The molecule has 3 unspecified atom stereocenters. The highest BCUT2D eigenvalue weighted by Gasteiger charge is 2.46. The maximum absolute atomic E-state index is 11.7. The van der Waals surface area contributed by atoms with E-state index in [1.54, 1.807) is 0 Å². The van der Waals surface area contributed by atoms with E-state index < -0.39 is 87.1 Å². The van der Waals surface area contributed by atoms with Gasteiger partial charge in [0.2, 0.25) is 5.91 Å². The number of carbonyl (C=O) groups excluding carboxylic acids is 1. The number of ether oxygens (including phenoxy) is 6. The number of carboxylic acid groups (broad SMARTS) is 1. The number of rotatable bonds is 17. The lowest BCUT2D eigenvalue weighted by molar-refractivity contribution is -0.285. The lowest BCUT2D eigenvalue weighted by atomic mass is 9.96. The number of carbonyl (C=O) groups is 2. The van der Waals surface area contributed by atoms with Crippen LogP contribution in [-0.2, 0) is 38.0 Å². The second kappa shape index (κ2) is 15.6. The Hall–Kier alpha value is -1.50. The van der Waals surface area contributed by atoms with E-state index >= 15 is 0 Å². The van der Waals surface area contributed by atoms with Gasteiger partial charge in [-0.05, 0) is 0 Å². The molecule has 1 fully saturated rings. The topological polar surface area (TPSA) is 223 Å². The lowest BCUT2D eigenvalue weighted by Gasteiger charge is -2.43. The largest absolute Gasteiger partial charge is 0.477 e. The average molecular weight is 516 g/mol. The van der Waals surface area contributed by atoms with E-state index in [9.17, 15) is 35.1 Å². The van der Waals surface area contributed by atoms with Crippen molar-refractivity contribution >= 4 is 11.9 Å². The monoisotopic (exact) mass is 515 g/mol. The quantitative estimate of drug-likeness (QED) is 0.0738. The molecule has 0 saturated carbocycles. The molecule has 7 N–H and O–H groups in total. The van der Waals surface area contributed by atoms with Gasteiger partial charge in [-0.3, -0.25) is 4.79 Å². The van der Waals surface area contributed by atoms with Gasteiger partial charge in [-0.1, -0.05) is 6.92 Å². The van der Waals surface area contributed by atoms with Crippen molar-refractivity contribution in [2.75, 3.05) is 46.9 Å². The third-order valence-corrected chi connectivity index (χ3v) is 5.27. The second-order valence-electron chi connectivity index (χ2n) is 7.72. The molecule has 1 rings (SSSR count). The molecule has 0 radical (unpaired) electrons. The lowest BCUT2D eigenvalue weighted by Crippen LogP contribution is -2.65. The molecule has 8 atom stereocenters. The normalized spacial score (nSPS) is 28.2. The molecule has 0 aromatic rings. The molecule has 1 heterocycles. The molecule has 35 heavy (non-hydrogen) atoms. The van der Waals surface area contributed by atoms with E-state index in [1.807, 2.05) is 0 Å². The summed E-state index contributed by atoms with van der Waals surface area (Å²) in [6, 6.07) is -0.966. The highest BCUT2D eigenvalue weighted by atomic mass is 16.7. The maximum Gasteiger partial charge on any atom is 0.364 e. The van der Waals surface area contributed by atoms with Crippen molar-refractivity contribution in [1.82, 2.24) is 5.32 Å². The van der Waals surface area contributed by atoms with Crippen molar-refractivity contribution < 1.29 is 68.6 Å². The first-order chi connectivity index (χ1) is 16.6. The zero-order valence-corrected chi connectivity index (χ0v) is 19.9. The number of amides is 1. The first-order valence-electron chi connectivity index (χ1n) is 11.0. The van der Waals surface area contributed by atoms with Gasteiger partial charge in [0, 0.05) is 20.5 Å². The summed E-state index contributed by atoms with van der Waals surface area (Å²) in [6.07, 6.45) is -7.56. The number of aliphatic hydroxyl groups excluding tert-OH is 5. The van der Waals surface area contributed by atoms with Crippen molar-refractivity contribution in [3.63, 3.8) is 0 Å². The van der Waals surface area contributed by atoms with Crippen molar-refractivity contribution in [2.24, 2.45) is 0 Å². The zero-order chi connectivity index (χ0) is 26.6. The van der Waals surface area contributed by atoms with Crippen LogP contribution in [0.15, 0.2) is 0 Å². The molecule has 0 spiro atoms. The number of hydrogen-bond acceptors (Lipinski definition) is 13. The molecule has 0 aromatic heterocycles. The summed E-state index contributed by atoms with van der Waals surface area (Å²) in [6.45, 7) is 0.0491. The Kier molecular flexibility index (Phi) is 14.0. The molecule has 0 aliphatic carbocycles. The summed E-state index contributed by atoms with van der Waals surface area (Å²) in [5.41, 5.74) is 0. The minimum Gasteiger partial charge on any atom is -0.477 e. The van der Waals surface area contributed by atoms with E-state index in [1.165, 1.54) is 21.0 Å². The van der Waals surface area contributed by atoms with Crippen LogP contribution in [0.1, 0.15) is 20.3 Å². The van der Waals surface area contributed by atoms with Gasteiger partial charge < -0.3 is 64.4 Å². The van der Waals surface area contributed by atoms with Gasteiger partial charge in [-0.2, -0.15) is 0 Å². The van der Waals surface area contributed by atoms with Crippen LogP contribution in [0.5, 0.6) is 0 Å². The Bertz CT molecular complexity index is 639. The first-order valence-corrected chi connectivity index (χ1v) is 11.0. The van der Waals surface area contributed by atoms with E-state index in [-0.39, 0.29) is 19.6 Å². The van der Waals surface area contributed by atoms with Gasteiger partial charge in [0.25, 0.3) is 5.79 Å². The Morgan fingerprint density at radius 2 is 1.83 bits per heavy atom. The van der Waals surface area contributed by atoms with Crippen LogP contribution in [0, 0.1) is 0 Å². The van der Waals surface area contributed by atoms with Crippen LogP contribution < -0.4 is 5.32 Å². The smallest absolute Gasteiger partial charge is 0.364 e. The molecule has 0 bridgehead atoms. The third kappa shape index (κ3) is 9.14. The molecular weight excluding hydrogens is 478 g/mol. The number of aliphatic hydroxyl groups is 5. The van der Waals surface area contributed by atoms with Crippen molar-refractivity contribution in [2.45, 2.75) is 68.9 Å². The summed E-state index contributed by atoms with van der Waals surface area (Å²) in [7, 11) is 1.32. The van der Waals surface area contributed by atoms with E-state index in [4.69, 9.17) is 33.5 Å². The van der Waals surface area contributed by atoms with Gasteiger partial charge in [-0.25, -0.2) is 4.79 Å². The molecule has 0 aromatic carbocycles.